The molecule has 0 saturated heterocycles. The fourth-order valence-corrected chi connectivity index (χ4v) is 5.22. The number of aryl methyl sites for hydroxylation is 1. The van der Waals surface area contributed by atoms with Crippen LogP contribution in [0.3, 0.4) is 0 Å². The highest BCUT2D eigenvalue weighted by Gasteiger charge is 2.41. The zero-order valence-corrected chi connectivity index (χ0v) is 18.7. The topological polar surface area (TPSA) is 136 Å². The first-order valence-electron chi connectivity index (χ1n) is 10.7. The summed E-state index contributed by atoms with van der Waals surface area (Å²) in [4.78, 5) is 18.2. The van der Waals surface area contributed by atoms with Crippen molar-refractivity contribution in [1.29, 1.82) is 0 Å². The van der Waals surface area contributed by atoms with E-state index < -0.39 is 24.2 Å². The number of aliphatic hydroxyl groups is 3. The first-order valence-corrected chi connectivity index (χ1v) is 11.5. The number of aliphatic hydroxyl groups excluding tert-OH is 3. The van der Waals surface area contributed by atoms with E-state index in [-0.39, 0.29) is 6.61 Å². The summed E-state index contributed by atoms with van der Waals surface area (Å²) in [5, 5.41) is 37.6. The molecule has 1 aromatic carbocycles. The predicted molar refractivity (Wildman–Crippen MR) is 128 cm³/mol. The lowest BCUT2D eigenvalue weighted by Crippen LogP contribution is -2.35. The summed E-state index contributed by atoms with van der Waals surface area (Å²) in [6.07, 6.45) is 1.73. The van der Waals surface area contributed by atoms with E-state index in [0.717, 1.165) is 26.5 Å². The number of thiazole rings is 1. The van der Waals surface area contributed by atoms with Crippen LogP contribution < -0.4 is 10.6 Å². The molecule has 9 nitrogen and oxygen atoms in total. The number of anilines is 3. The summed E-state index contributed by atoms with van der Waals surface area (Å²) in [5.74, 6) is 0.474. The van der Waals surface area contributed by atoms with Crippen molar-refractivity contribution in [3.8, 4) is 10.6 Å². The minimum Gasteiger partial charge on any atom is -0.396 e. The highest BCUT2D eigenvalue weighted by Crippen LogP contribution is 2.38. The first-order chi connectivity index (χ1) is 16.0. The highest BCUT2D eigenvalue weighted by atomic mass is 32.1. The number of nitrogens with one attached hydrogen (secondary N) is 2. The number of para-hydroxylation sites is 1. The van der Waals surface area contributed by atoms with Gasteiger partial charge in [-0.3, -0.25) is 4.98 Å². The molecule has 170 valence electrons. The second-order valence-electron chi connectivity index (χ2n) is 8.12. The van der Waals surface area contributed by atoms with Gasteiger partial charge in [-0.2, -0.15) is 4.98 Å². The van der Waals surface area contributed by atoms with Gasteiger partial charge in [0.15, 0.2) is 0 Å². The highest BCUT2D eigenvalue weighted by molar-refractivity contribution is 7.21. The van der Waals surface area contributed by atoms with Gasteiger partial charge in [0.25, 0.3) is 0 Å². The van der Waals surface area contributed by atoms with Crippen molar-refractivity contribution in [2.75, 3.05) is 17.2 Å². The molecule has 0 unspecified atom stereocenters. The van der Waals surface area contributed by atoms with Crippen LogP contribution in [-0.4, -0.2) is 60.1 Å². The van der Waals surface area contributed by atoms with Crippen molar-refractivity contribution in [3.05, 3.63) is 54.5 Å². The fourth-order valence-electron chi connectivity index (χ4n) is 4.16. The lowest BCUT2D eigenvalue weighted by atomic mass is 10.1. The molecular weight excluding hydrogens is 440 g/mol. The van der Waals surface area contributed by atoms with E-state index in [9.17, 15) is 15.3 Å². The molecule has 3 aromatic heterocycles. The van der Waals surface area contributed by atoms with Crippen LogP contribution in [0, 0.1) is 12.8 Å². The third-order valence-electron chi connectivity index (χ3n) is 5.87. The van der Waals surface area contributed by atoms with Crippen molar-refractivity contribution < 1.29 is 15.3 Å². The van der Waals surface area contributed by atoms with E-state index in [1.165, 1.54) is 11.3 Å². The second-order valence-corrected chi connectivity index (χ2v) is 9.15. The molecule has 5 rings (SSSR count). The van der Waals surface area contributed by atoms with Crippen LogP contribution >= 0.6 is 11.3 Å². The van der Waals surface area contributed by atoms with E-state index in [4.69, 9.17) is 9.97 Å². The fraction of sp³-hybridized carbons (Fsp3) is 0.304. The molecule has 1 fully saturated rings. The maximum atomic E-state index is 10.6. The van der Waals surface area contributed by atoms with Gasteiger partial charge in [0.2, 0.25) is 5.95 Å². The Morgan fingerprint density at radius 3 is 2.64 bits per heavy atom. The predicted octanol–water partition coefficient (Wildman–Crippen LogP) is 2.71. The maximum absolute atomic E-state index is 10.6. The van der Waals surface area contributed by atoms with Crippen LogP contribution in [0.2, 0.25) is 0 Å². The van der Waals surface area contributed by atoms with Gasteiger partial charge in [-0.1, -0.05) is 12.1 Å². The molecule has 1 aliphatic carbocycles. The van der Waals surface area contributed by atoms with Gasteiger partial charge in [-0.15, -0.1) is 11.3 Å². The molecule has 0 aliphatic heterocycles. The summed E-state index contributed by atoms with van der Waals surface area (Å²) in [5.41, 5.74) is 3.08. The van der Waals surface area contributed by atoms with Gasteiger partial charge in [0.1, 0.15) is 16.9 Å². The van der Waals surface area contributed by atoms with Crippen LogP contribution in [0.15, 0.2) is 48.8 Å². The zero-order chi connectivity index (χ0) is 22.9. The Hall–Kier alpha value is -3.18. The number of aromatic nitrogens is 4. The molecule has 3 heterocycles. The van der Waals surface area contributed by atoms with Gasteiger partial charge in [0.05, 0.1) is 45.5 Å². The molecular formula is C23H24N6O3S. The lowest BCUT2D eigenvalue weighted by Gasteiger charge is -2.21. The Balaban J connectivity index is 1.57. The van der Waals surface area contributed by atoms with E-state index in [2.05, 4.69) is 20.6 Å². The largest absolute Gasteiger partial charge is 0.396 e. The van der Waals surface area contributed by atoms with Gasteiger partial charge < -0.3 is 26.0 Å². The quantitative estimate of drug-likeness (QED) is 0.292. The van der Waals surface area contributed by atoms with E-state index in [0.29, 0.717) is 23.9 Å². The molecule has 10 heteroatoms. The minimum atomic E-state index is -1.03. The standard InChI is InChI=1S/C23H24N6O3S/c1-12-18(22-28-15-6-2-3-7-17(15)33-22)21(27-16-9-13(11-30)19(31)20(16)32)29-23(25-12)26-14-5-4-8-24-10-14/h2-8,10,13,16,19-20,30-32H,9,11H2,1H3,(H2,25,26,27,29)/t13-,16-,19-,20+/m1/s1. The first kappa shape index (κ1) is 21.7. The van der Waals surface area contributed by atoms with Crippen LogP contribution in [0.5, 0.6) is 0 Å². The number of nitrogens with zero attached hydrogens (tertiary/aromatic N) is 4. The van der Waals surface area contributed by atoms with Crippen molar-refractivity contribution in [3.63, 3.8) is 0 Å². The Morgan fingerprint density at radius 1 is 1.06 bits per heavy atom. The van der Waals surface area contributed by atoms with Crippen LogP contribution in [0.1, 0.15) is 12.1 Å². The second kappa shape index (κ2) is 8.99. The summed E-state index contributed by atoms with van der Waals surface area (Å²) >= 11 is 1.54. The van der Waals surface area contributed by atoms with Gasteiger partial charge in [-0.25, -0.2) is 9.97 Å². The van der Waals surface area contributed by atoms with Crippen molar-refractivity contribution in [2.45, 2.75) is 31.6 Å². The summed E-state index contributed by atoms with van der Waals surface area (Å²) in [7, 11) is 0. The minimum absolute atomic E-state index is 0.197. The number of fused-ring (bicyclic) bond motifs is 1. The van der Waals surface area contributed by atoms with Gasteiger partial charge in [-0.05, 0) is 37.6 Å². The normalized spacial score (nSPS) is 22.5. The van der Waals surface area contributed by atoms with Crippen LogP contribution in [0.4, 0.5) is 17.5 Å². The van der Waals surface area contributed by atoms with E-state index in [1.807, 2.05) is 43.3 Å². The monoisotopic (exact) mass is 464 g/mol. The smallest absolute Gasteiger partial charge is 0.229 e. The van der Waals surface area contributed by atoms with E-state index in [1.54, 1.807) is 12.4 Å². The molecule has 0 radical (unpaired) electrons. The average molecular weight is 465 g/mol. The molecule has 5 N–H and O–H groups in total. The number of hydrogen-bond acceptors (Lipinski definition) is 10. The number of rotatable bonds is 6. The number of hydrogen-bond donors (Lipinski definition) is 5. The van der Waals surface area contributed by atoms with E-state index >= 15 is 0 Å². The van der Waals surface area contributed by atoms with Crippen molar-refractivity contribution >= 4 is 39.0 Å². The Bertz CT molecular complexity index is 1230. The third-order valence-corrected chi connectivity index (χ3v) is 6.93. The maximum Gasteiger partial charge on any atom is 0.229 e. The summed E-state index contributed by atoms with van der Waals surface area (Å²) in [6, 6.07) is 11.1. The molecule has 1 aliphatic rings. The number of pyridine rings is 1. The Kier molecular flexibility index (Phi) is 5.90. The lowest BCUT2D eigenvalue weighted by molar-refractivity contribution is 0.00446. The van der Waals surface area contributed by atoms with Crippen LogP contribution in [-0.2, 0) is 0 Å². The molecule has 4 aromatic rings. The van der Waals surface area contributed by atoms with Crippen molar-refractivity contribution in [1.82, 2.24) is 19.9 Å². The Labute approximate surface area is 194 Å². The zero-order valence-electron chi connectivity index (χ0n) is 17.9. The average Bonchev–Trinajstić information content (AvgIpc) is 3.35. The Morgan fingerprint density at radius 2 is 1.91 bits per heavy atom. The van der Waals surface area contributed by atoms with Crippen molar-refractivity contribution in [2.24, 2.45) is 5.92 Å². The summed E-state index contributed by atoms with van der Waals surface area (Å²) in [6.45, 7) is 1.69. The molecule has 0 spiro atoms. The molecule has 4 atom stereocenters. The SMILES string of the molecule is Cc1nc(Nc2cccnc2)nc(N[C@@H]2C[C@H](CO)[C@@H](O)[C@H]2O)c1-c1nc2ccccc2s1. The third kappa shape index (κ3) is 4.25. The van der Waals surface area contributed by atoms with Crippen LogP contribution in [0.25, 0.3) is 20.8 Å². The summed E-state index contributed by atoms with van der Waals surface area (Å²) < 4.78 is 1.05. The molecule has 33 heavy (non-hydrogen) atoms. The van der Waals surface area contributed by atoms with Gasteiger partial charge in [0, 0.05) is 18.7 Å². The molecule has 0 amide bonds. The molecule has 1 saturated carbocycles. The molecule has 0 bridgehead atoms. The number of benzene rings is 1. The van der Waals surface area contributed by atoms with Gasteiger partial charge >= 0.3 is 0 Å².